The van der Waals surface area contributed by atoms with E-state index < -0.39 is 11.2 Å². The molecule has 3 atom stereocenters. The van der Waals surface area contributed by atoms with Crippen LogP contribution in [0.4, 0.5) is 0 Å². The molecule has 4 aromatic rings. The second-order valence-electron chi connectivity index (χ2n) is 14.5. The molecule has 4 aliphatic carbocycles. The molecule has 0 amide bonds. The van der Waals surface area contributed by atoms with Gasteiger partial charge in [0.05, 0.1) is 6.61 Å². The molecule has 230 valence electrons. The fraction of sp³-hybridized carbons (Fsp3) is 0.273. The molecule has 0 spiro atoms. The summed E-state index contributed by atoms with van der Waals surface area (Å²) < 4.78 is 13.5. The Balaban J connectivity index is 1.18. The maximum Gasteiger partial charge on any atom is 0.110 e. The molecular weight excluding hydrogens is 560 g/mol. The van der Waals surface area contributed by atoms with Gasteiger partial charge in [0, 0.05) is 17.4 Å². The third-order valence-corrected chi connectivity index (χ3v) is 10.8. The average Bonchev–Trinajstić information content (AvgIpc) is 3.73. The van der Waals surface area contributed by atoms with Crippen LogP contribution in [0, 0.1) is 0 Å². The molecule has 8 rings (SSSR count). The van der Waals surface area contributed by atoms with E-state index in [1.54, 1.807) is 0 Å². The number of rotatable bonds is 7. The molecule has 2 nitrogen and oxygen atoms in total. The normalized spacial score (nSPS) is 26.5. The summed E-state index contributed by atoms with van der Waals surface area (Å²) in [5.41, 5.74) is 14.0. The molecule has 0 N–H and O–H groups in total. The van der Waals surface area contributed by atoms with Crippen molar-refractivity contribution in [2.24, 2.45) is 0 Å². The molecule has 0 fully saturated rings. The van der Waals surface area contributed by atoms with Crippen molar-refractivity contribution >= 4 is 22.3 Å². The number of benzene rings is 4. The molecule has 0 heterocycles. The molecule has 0 bridgehead atoms. The molecule has 0 saturated carbocycles. The highest BCUT2D eigenvalue weighted by Gasteiger charge is 2.44. The van der Waals surface area contributed by atoms with Crippen molar-refractivity contribution in [3.8, 4) is 0 Å². The number of hydrogen-bond donors (Lipinski definition) is 0. The van der Waals surface area contributed by atoms with Crippen molar-refractivity contribution in [2.45, 2.75) is 63.6 Å². The SMILES string of the molecule is CCOC1(C)C=C(C2=CC(C)(COC3(C)C=C(C4=CC(C)(C)c5ccccc54)c4ccccc43)c3ccccc32)c2ccccc21. The highest BCUT2D eigenvalue weighted by Crippen LogP contribution is 2.55. The zero-order chi connectivity index (χ0) is 31.9. The van der Waals surface area contributed by atoms with Crippen LogP contribution in [0.25, 0.3) is 22.3 Å². The van der Waals surface area contributed by atoms with E-state index in [0.717, 1.165) is 0 Å². The minimum absolute atomic E-state index is 0.0183. The molecule has 2 heteroatoms. The highest BCUT2D eigenvalue weighted by atomic mass is 16.5. The number of ether oxygens (including phenoxy) is 2. The van der Waals surface area contributed by atoms with Gasteiger partial charge in [0.2, 0.25) is 0 Å². The van der Waals surface area contributed by atoms with Crippen molar-refractivity contribution < 1.29 is 9.47 Å². The average molecular weight is 603 g/mol. The van der Waals surface area contributed by atoms with Gasteiger partial charge in [-0.2, -0.15) is 0 Å². The fourth-order valence-corrected chi connectivity index (χ4v) is 8.50. The van der Waals surface area contributed by atoms with Crippen LogP contribution in [0.2, 0.25) is 0 Å². The Morgan fingerprint density at radius 3 is 1.37 bits per heavy atom. The van der Waals surface area contributed by atoms with Crippen molar-refractivity contribution in [3.63, 3.8) is 0 Å². The van der Waals surface area contributed by atoms with Crippen molar-refractivity contribution in [2.75, 3.05) is 13.2 Å². The van der Waals surface area contributed by atoms with Crippen LogP contribution in [0.5, 0.6) is 0 Å². The summed E-state index contributed by atoms with van der Waals surface area (Å²) in [4.78, 5) is 0. The van der Waals surface area contributed by atoms with E-state index in [-0.39, 0.29) is 10.8 Å². The lowest BCUT2D eigenvalue weighted by Crippen LogP contribution is -2.31. The summed E-state index contributed by atoms with van der Waals surface area (Å²) in [6.07, 6.45) is 9.60. The van der Waals surface area contributed by atoms with Crippen LogP contribution in [0.3, 0.4) is 0 Å². The molecule has 0 aliphatic heterocycles. The van der Waals surface area contributed by atoms with Crippen molar-refractivity contribution in [1.82, 2.24) is 0 Å². The highest BCUT2D eigenvalue weighted by molar-refractivity contribution is 6.11. The lowest BCUT2D eigenvalue weighted by molar-refractivity contribution is -0.0134. The second kappa shape index (κ2) is 10.1. The van der Waals surface area contributed by atoms with Gasteiger partial charge in [-0.3, -0.25) is 0 Å². The molecule has 3 unspecified atom stereocenters. The summed E-state index contributed by atoms with van der Waals surface area (Å²) in [5.74, 6) is 0. The molecule has 4 aliphatic rings. The Morgan fingerprint density at radius 1 is 0.435 bits per heavy atom. The Labute approximate surface area is 273 Å². The van der Waals surface area contributed by atoms with Crippen LogP contribution in [0.15, 0.2) is 121 Å². The number of fused-ring (bicyclic) bond motifs is 4. The molecular formula is C44H42O2. The largest absolute Gasteiger partial charge is 0.367 e. The fourth-order valence-electron chi connectivity index (χ4n) is 8.50. The van der Waals surface area contributed by atoms with Gasteiger partial charge < -0.3 is 9.47 Å². The first-order valence-corrected chi connectivity index (χ1v) is 16.7. The van der Waals surface area contributed by atoms with Gasteiger partial charge in [-0.05, 0) is 107 Å². The Hall–Kier alpha value is -4.24. The standard InChI is InChI=1S/C44H42O2/c1-7-45-43(5)26-36(32-19-10-14-22-39(32)43)34-25-42(4,38-21-13-9-17-30(34)38)28-46-44(6)27-35(31-18-11-15-23-40(31)44)33-24-41(2,3)37-20-12-8-16-29(33)37/h8-27H,7,28H2,1-6H3. The minimum Gasteiger partial charge on any atom is -0.367 e. The second-order valence-corrected chi connectivity index (χ2v) is 14.5. The van der Waals surface area contributed by atoms with E-state index in [9.17, 15) is 0 Å². The van der Waals surface area contributed by atoms with Gasteiger partial charge in [-0.1, -0.05) is 123 Å². The van der Waals surface area contributed by atoms with Gasteiger partial charge in [-0.25, -0.2) is 0 Å². The van der Waals surface area contributed by atoms with Crippen LogP contribution < -0.4 is 0 Å². The first-order valence-electron chi connectivity index (χ1n) is 16.7. The van der Waals surface area contributed by atoms with E-state index in [0.29, 0.717) is 13.2 Å². The first kappa shape index (κ1) is 29.2. The molecule has 0 radical (unpaired) electrons. The molecule has 0 saturated heterocycles. The van der Waals surface area contributed by atoms with Crippen molar-refractivity contribution in [3.05, 3.63) is 166 Å². The third-order valence-electron chi connectivity index (χ3n) is 10.8. The predicted molar refractivity (Wildman–Crippen MR) is 190 cm³/mol. The van der Waals surface area contributed by atoms with Gasteiger partial charge in [0.1, 0.15) is 11.2 Å². The van der Waals surface area contributed by atoms with E-state index in [1.807, 2.05) is 0 Å². The monoisotopic (exact) mass is 602 g/mol. The van der Waals surface area contributed by atoms with E-state index in [4.69, 9.17) is 9.47 Å². The van der Waals surface area contributed by atoms with Gasteiger partial charge >= 0.3 is 0 Å². The number of hydrogen-bond acceptors (Lipinski definition) is 2. The van der Waals surface area contributed by atoms with Gasteiger partial charge in [0.25, 0.3) is 0 Å². The predicted octanol–water partition coefficient (Wildman–Crippen LogP) is 10.4. The summed E-state index contributed by atoms with van der Waals surface area (Å²) >= 11 is 0. The van der Waals surface area contributed by atoms with E-state index >= 15 is 0 Å². The van der Waals surface area contributed by atoms with Gasteiger partial charge in [0.15, 0.2) is 0 Å². The third kappa shape index (κ3) is 4.24. The Morgan fingerprint density at radius 2 is 0.826 bits per heavy atom. The van der Waals surface area contributed by atoms with Crippen LogP contribution in [-0.4, -0.2) is 13.2 Å². The van der Waals surface area contributed by atoms with Crippen LogP contribution >= 0.6 is 0 Å². The topological polar surface area (TPSA) is 18.5 Å². The molecule has 46 heavy (non-hydrogen) atoms. The zero-order valence-electron chi connectivity index (χ0n) is 27.8. The summed E-state index contributed by atoms with van der Waals surface area (Å²) in [6.45, 7) is 14.7. The summed E-state index contributed by atoms with van der Waals surface area (Å²) in [5, 5.41) is 0. The zero-order valence-corrected chi connectivity index (χ0v) is 27.8. The van der Waals surface area contributed by atoms with Crippen LogP contribution in [-0.2, 0) is 31.5 Å². The van der Waals surface area contributed by atoms with Gasteiger partial charge in [-0.15, -0.1) is 0 Å². The van der Waals surface area contributed by atoms with Crippen LogP contribution in [0.1, 0.15) is 86.1 Å². The molecule has 4 aromatic carbocycles. The summed E-state index contributed by atoms with van der Waals surface area (Å²) in [6, 6.07) is 35.2. The Kier molecular flexibility index (Phi) is 6.43. The molecule has 0 aromatic heterocycles. The minimum atomic E-state index is -0.560. The smallest absolute Gasteiger partial charge is 0.110 e. The lowest BCUT2D eigenvalue weighted by Gasteiger charge is -2.31. The summed E-state index contributed by atoms with van der Waals surface area (Å²) in [7, 11) is 0. The van der Waals surface area contributed by atoms with E-state index in [1.165, 1.54) is 66.8 Å². The van der Waals surface area contributed by atoms with E-state index in [2.05, 4.69) is 163 Å². The maximum absolute atomic E-state index is 7.16. The maximum atomic E-state index is 7.16. The lowest BCUT2D eigenvalue weighted by atomic mass is 9.85. The quantitative estimate of drug-likeness (QED) is 0.210. The number of allylic oxidation sites excluding steroid dienone is 5. The first-order chi connectivity index (χ1) is 22.1. The Bertz CT molecular complexity index is 2040. The van der Waals surface area contributed by atoms with Crippen molar-refractivity contribution in [1.29, 1.82) is 0 Å².